The first-order chi connectivity index (χ1) is 6.50. The van der Waals surface area contributed by atoms with Crippen LogP contribution in [0, 0.1) is 0 Å². The topological polar surface area (TPSA) is 0 Å². The van der Waals surface area contributed by atoms with Crippen LogP contribution in [-0.4, -0.2) is 0 Å². The Kier molecular flexibility index (Phi) is 6.22. The molecule has 0 aliphatic heterocycles. The molecule has 0 N–H and O–H groups in total. The van der Waals surface area contributed by atoms with E-state index in [1.165, 1.54) is 44.9 Å². The Morgan fingerprint density at radius 3 is 1.08 bits per heavy atom. The monoisotopic (exact) mass is 176 g/mol. The standard InChI is InChI=1S/C13H20/c1-2-4-6-8-10-12-13-11-9-7-5-3-1/h1-2,7-10H,3-6,11-13H2/b2-1?,9-7-,10-8+. The third-order valence-electron chi connectivity index (χ3n) is 2.24. The van der Waals surface area contributed by atoms with Crippen molar-refractivity contribution in [3.63, 3.8) is 0 Å². The Labute approximate surface area is 82.0 Å². The van der Waals surface area contributed by atoms with Gasteiger partial charge in [-0.2, -0.15) is 0 Å². The highest BCUT2D eigenvalue weighted by Gasteiger charge is 1.83. The summed E-state index contributed by atoms with van der Waals surface area (Å²) >= 11 is 0. The van der Waals surface area contributed by atoms with Gasteiger partial charge in [-0.3, -0.25) is 0 Å². The van der Waals surface area contributed by atoms with Crippen LogP contribution in [0.25, 0.3) is 0 Å². The van der Waals surface area contributed by atoms with Gasteiger partial charge in [0.15, 0.2) is 0 Å². The summed E-state index contributed by atoms with van der Waals surface area (Å²) in [5.41, 5.74) is 0. The summed E-state index contributed by atoms with van der Waals surface area (Å²) < 4.78 is 0. The molecule has 0 aromatic carbocycles. The first-order valence-corrected chi connectivity index (χ1v) is 5.45. The molecular formula is C13H20. The highest BCUT2D eigenvalue weighted by molar-refractivity contribution is 4.92. The van der Waals surface area contributed by atoms with Crippen LogP contribution in [0.5, 0.6) is 0 Å². The van der Waals surface area contributed by atoms with E-state index in [1.807, 2.05) is 0 Å². The summed E-state index contributed by atoms with van der Waals surface area (Å²) in [5, 5.41) is 0. The molecule has 0 radical (unpaired) electrons. The third kappa shape index (κ3) is 6.39. The van der Waals surface area contributed by atoms with Crippen molar-refractivity contribution in [2.24, 2.45) is 0 Å². The molecule has 0 amide bonds. The second kappa shape index (κ2) is 7.85. The molecule has 0 atom stereocenters. The molecule has 0 heterocycles. The molecule has 0 saturated carbocycles. The molecule has 0 heteroatoms. The molecule has 0 saturated heterocycles. The molecule has 72 valence electrons. The van der Waals surface area contributed by atoms with Gasteiger partial charge in [-0.15, -0.1) is 0 Å². The van der Waals surface area contributed by atoms with E-state index in [1.54, 1.807) is 0 Å². The van der Waals surface area contributed by atoms with E-state index >= 15 is 0 Å². The molecule has 1 aliphatic rings. The Balaban J connectivity index is 2.27. The quantitative estimate of drug-likeness (QED) is 0.480. The van der Waals surface area contributed by atoms with Crippen LogP contribution in [0.4, 0.5) is 0 Å². The van der Waals surface area contributed by atoms with Gasteiger partial charge in [0.1, 0.15) is 0 Å². The predicted octanol–water partition coefficient (Wildman–Crippen LogP) is 4.40. The molecule has 0 bridgehead atoms. The van der Waals surface area contributed by atoms with Crippen LogP contribution in [0.3, 0.4) is 0 Å². The Morgan fingerprint density at radius 1 is 0.385 bits per heavy atom. The molecule has 0 spiro atoms. The van der Waals surface area contributed by atoms with Crippen molar-refractivity contribution in [1.29, 1.82) is 0 Å². The maximum Gasteiger partial charge on any atom is -0.0316 e. The average Bonchev–Trinajstić information content (AvgIpc) is 2.18. The molecule has 0 unspecified atom stereocenters. The van der Waals surface area contributed by atoms with Gasteiger partial charge in [0.25, 0.3) is 0 Å². The van der Waals surface area contributed by atoms with E-state index in [0.29, 0.717) is 0 Å². The Hall–Kier alpha value is -0.780. The number of allylic oxidation sites excluding steroid dienone is 6. The molecule has 1 rings (SSSR count). The van der Waals surface area contributed by atoms with Gasteiger partial charge in [0, 0.05) is 0 Å². The van der Waals surface area contributed by atoms with Crippen LogP contribution in [0.1, 0.15) is 44.9 Å². The number of rotatable bonds is 0. The fourth-order valence-electron chi connectivity index (χ4n) is 1.45. The van der Waals surface area contributed by atoms with Gasteiger partial charge < -0.3 is 0 Å². The minimum atomic E-state index is 1.21. The maximum absolute atomic E-state index is 2.32. The number of hydrogen-bond acceptors (Lipinski definition) is 0. The van der Waals surface area contributed by atoms with Gasteiger partial charge in [-0.05, 0) is 44.9 Å². The largest absolute Gasteiger partial charge is 0.0885 e. The molecule has 0 aromatic rings. The third-order valence-corrected chi connectivity index (χ3v) is 2.24. The van der Waals surface area contributed by atoms with E-state index in [2.05, 4.69) is 36.5 Å². The lowest BCUT2D eigenvalue weighted by Crippen LogP contribution is -1.69. The van der Waals surface area contributed by atoms with Crippen LogP contribution < -0.4 is 0 Å². The van der Waals surface area contributed by atoms with E-state index in [4.69, 9.17) is 0 Å². The van der Waals surface area contributed by atoms with Crippen molar-refractivity contribution in [3.05, 3.63) is 36.5 Å². The van der Waals surface area contributed by atoms with Crippen molar-refractivity contribution in [2.75, 3.05) is 0 Å². The highest BCUT2D eigenvalue weighted by atomic mass is 13.9. The lowest BCUT2D eigenvalue weighted by atomic mass is 10.2. The van der Waals surface area contributed by atoms with Crippen molar-refractivity contribution in [1.82, 2.24) is 0 Å². The van der Waals surface area contributed by atoms with E-state index in [9.17, 15) is 0 Å². The van der Waals surface area contributed by atoms with Crippen molar-refractivity contribution >= 4 is 0 Å². The lowest BCUT2D eigenvalue weighted by molar-refractivity contribution is 0.859. The molecule has 1 aliphatic carbocycles. The second-order valence-electron chi connectivity index (χ2n) is 3.50. The fourth-order valence-corrected chi connectivity index (χ4v) is 1.45. The highest BCUT2D eigenvalue weighted by Crippen LogP contribution is 2.04. The van der Waals surface area contributed by atoms with Gasteiger partial charge in [0.2, 0.25) is 0 Å². The molecule has 13 heavy (non-hydrogen) atoms. The minimum absolute atomic E-state index is 1.21. The molecule has 0 fully saturated rings. The zero-order valence-electron chi connectivity index (χ0n) is 8.41. The first-order valence-electron chi connectivity index (χ1n) is 5.45. The van der Waals surface area contributed by atoms with Crippen LogP contribution in [-0.2, 0) is 0 Å². The summed E-state index contributed by atoms with van der Waals surface area (Å²) in [7, 11) is 0. The normalized spacial score (nSPS) is 25.2. The van der Waals surface area contributed by atoms with Gasteiger partial charge in [-0.25, -0.2) is 0 Å². The summed E-state index contributed by atoms with van der Waals surface area (Å²) in [4.78, 5) is 0. The minimum Gasteiger partial charge on any atom is -0.0885 e. The van der Waals surface area contributed by atoms with Crippen LogP contribution in [0.2, 0.25) is 0 Å². The molecule has 0 nitrogen and oxygen atoms in total. The van der Waals surface area contributed by atoms with Crippen molar-refractivity contribution in [2.45, 2.75) is 44.9 Å². The van der Waals surface area contributed by atoms with E-state index in [0.717, 1.165) is 0 Å². The maximum atomic E-state index is 2.32. The van der Waals surface area contributed by atoms with Crippen LogP contribution in [0.15, 0.2) is 36.5 Å². The SMILES string of the molecule is C1=CCC/C=C/CCC/C=C\CC1. The molecule has 0 aromatic heterocycles. The number of hydrogen-bond donors (Lipinski definition) is 0. The second-order valence-corrected chi connectivity index (χ2v) is 3.50. The first kappa shape index (κ1) is 10.3. The van der Waals surface area contributed by atoms with Crippen molar-refractivity contribution < 1.29 is 0 Å². The average molecular weight is 176 g/mol. The Morgan fingerprint density at radius 2 is 0.692 bits per heavy atom. The summed E-state index contributed by atoms with van der Waals surface area (Å²) in [6, 6.07) is 0. The fraction of sp³-hybridized carbons (Fsp3) is 0.538. The summed E-state index contributed by atoms with van der Waals surface area (Å²) in [6.07, 6.45) is 22.5. The zero-order chi connectivity index (χ0) is 9.19. The van der Waals surface area contributed by atoms with E-state index in [-0.39, 0.29) is 0 Å². The molecular weight excluding hydrogens is 156 g/mol. The zero-order valence-corrected chi connectivity index (χ0v) is 8.41. The summed E-state index contributed by atoms with van der Waals surface area (Å²) in [6.45, 7) is 0. The van der Waals surface area contributed by atoms with Gasteiger partial charge in [0.05, 0.1) is 0 Å². The van der Waals surface area contributed by atoms with Gasteiger partial charge >= 0.3 is 0 Å². The Bertz CT molecular complexity index is 164. The predicted molar refractivity (Wildman–Crippen MR) is 59.7 cm³/mol. The van der Waals surface area contributed by atoms with E-state index < -0.39 is 0 Å². The smallest absolute Gasteiger partial charge is 0.0316 e. The van der Waals surface area contributed by atoms with Gasteiger partial charge in [-0.1, -0.05) is 36.5 Å². The van der Waals surface area contributed by atoms with Crippen molar-refractivity contribution in [3.8, 4) is 0 Å². The lowest BCUT2D eigenvalue weighted by Gasteiger charge is -1.89. The summed E-state index contributed by atoms with van der Waals surface area (Å²) in [5.74, 6) is 0. The van der Waals surface area contributed by atoms with Crippen LogP contribution >= 0.6 is 0 Å².